The first-order valence-corrected chi connectivity index (χ1v) is 12.0. The van der Waals surface area contributed by atoms with Gasteiger partial charge < -0.3 is 9.88 Å². The summed E-state index contributed by atoms with van der Waals surface area (Å²) in [7, 11) is 0. The number of carbonyl (C=O) groups is 2. The Balaban J connectivity index is 1.35. The average molecular weight is 512 g/mol. The maximum absolute atomic E-state index is 13.2. The molecule has 0 spiro atoms. The van der Waals surface area contributed by atoms with Crippen LogP contribution >= 0.6 is 15.9 Å². The molecule has 7 heteroatoms. The molecule has 1 saturated heterocycles. The fourth-order valence-electron chi connectivity index (χ4n) is 4.45. The average Bonchev–Trinajstić information content (AvgIpc) is 3.38. The highest BCUT2D eigenvalue weighted by molar-refractivity contribution is 9.10. The van der Waals surface area contributed by atoms with Gasteiger partial charge >= 0.3 is 0 Å². The van der Waals surface area contributed by atoms with Crippen LogP contribution in [0.3, 0.4) is 0 Å². The van der Waals surface area contributed by atoms with Gasteiger partial charge in [0.05, 0.1) is 18.4 Å². The lowest BCUT2D eigenvalue weighted by molar-refractivity contribution is -0.134. The maximum atomic E-state index is 13.2. The van der Waals surface area contributed by atoms with Gasteiger partial charge in [-0.2, -0.15) is 0 Å². The molecule has 0 bridgehead atoms. The fraction of sp³-hybridized carbons (Fsp3) is 0.346. The first-order chi connectivity index (χ1) is 16.0. The number of hydrogen-bond donors (Lipinski definition) is 1. The Morgan fingerprint density at radius 1 is 1.09 bits per heavy atom. The van der Waals surface area contributed by atoms with Crippen LogP contribution in [0.4, 0.5) is 4.39 Å². The molecule has 33 heavy (non-hydrogen) atoms. The van der Waals surface area contributed by atoms with Crippen LogP contribution in [0.1, 0.15) is 47.6 Å². The predicted octanol–water partition coefficient (Wildman–Crippen LogP) is 5.21. The summed E-state index contributed by atoms with van der Waals surface area (Å²) >= 11 is 3.62. The van der Waals surface area contributed by atoms with E-state index in [1.54, 1.807) is 30.6 Å². The lowest BCUT2D eigenvalue weighted by Gasteiger charge is -2.32. The van der Waals surface area contributed by atoms with E-state index in [1.165, 1.54) is 0 Å². The van der Waals surface area contributed by atoms with Crippen molar-refractivity contribution in [3.8, 4) is 0 Å². The lowest BCUT2D eigenvalue weighted by Crippen LogP contribution is -2.41. The molecule has 5 nitrogen and oxygen atoms in total. The summed E-state index contributed by atoms with van der Waals surface area (Å²) in [6.07, 6.45) is 5.52. The molecule has 1 atom stereocenters. The van der Waals surface area contributed by atoms with Crippen molar-refractivity contribution < 1.29 is 14.0 Å². The number of halogens is 2. The standard InChI is InChI=1S/C26H27BrFN3O2/c27-23-4-2-1-3-21(23)22(24-16-29-17-30-24)14-25(32)20-9-11-31(12-10-20)26(33)13-18-5-7-19(15-28)8-6-18/h1-8,16-17,20,22H,9-15H2,(H,29,30). The van der Waals surface area contributed by atoms with E-state index in [0.29, 0.717) is 44.3 Å². The minimum Gasteiger partial charge on any atom is -0.351 e. The number of hydrogen-bond acceptors (Lipinski definition) is 3. The van der Waals surface area contributed by atoms with Crippen LogP contribution in [-0.2, 0) is 22.7 Å². The monoisotopic (exact) mass is 511 g/mol. The Labute approximate surface area is 201 Å². The predicted molar refractivity (Wildman–Crippen MR) is 128 cm³/mol. The van der Waals surface area contributed by atoms with E-state index in [4.69, 9.17) is 0 Å². The molecule has 1 fully saturated rings. The minimum absolute atomic E-state index is 0.0523. The van der Waals surface area contributed by atoms with E-state index in [0.717, 1.165) is 21.3 Å². The van der Waals surface area contributed by atoms with E-state index in [1.807, 2.05) is 35.4 Å². The number of aromatic nitrogens is 2. The quantitative estimate of drug-likeness (QED) is 0.451. The number of imidazole rings is 1. The molecule has 1 aliphatic heterocycles. The Hall–Kier alpha value is -2.80. The molecule has 1 unspecified atom stereocenters. The number of Topliss-reactive ketones (excluding diaryl/α,β-unsaturated/α-hetero) is 1. The number of likely N-dealkylation sites (tertiary alicyclic amines) is 1. The highest BCUT2D eigenvalue weighted by atomic mass is 79.9. The highest BCUT2D eigenvalue weighted by Gasteiger charge is 2.30. The summed E-state index contributed by atoms with van der Waals surface area (Å²) in [4.78, 5) is 35.2. The third-order valence-corrected chi connectivity index (χ3v) is 7.12. The Morgan fingerprint density at radius 3 is 2.42 bits per heavy atom. The van der Waals surface area contributed by atoms with Gasteiger partial charge in [0.25, 0.3) is 0 Å². The highest BCUT2D eigenvalue weighted by Crippen LogP contribution is 2.34. The molecule has 1 aromatic heterocycles. The van der Waals surface area contributed by atoms with E-state index >= 15 is 0 Å². The second-order valence-corrected chi connectivity index (χ2v) is 9.37. The Kier molecular flexibility index (Phi) is 7.70. The third kappa shape index (κ3) is 5.77. The van der Waals surface area contributed by atoms with Gasteiger partial charge in [-0.05, 0) is 35.6 Å². The van der Waals surface area contributed by atoms with Crippen molar-refractivity contribution in [3.63, 3.8) is 0 Å². The van der Waals surface area contributed by atoms with Crippen molar-refractivity contribution in [2.75, 3.05) is 13.1 Å². The van der Waals surface area contributed by atoms with Crippen LogP contribution in [0.5, 0.6) is 0 Å². The van der Waals surface area contributed by atoms with Crippen molar-refractivity contribution in [3.05, 3.63) is 87.9 Å². The summed E-state index contributed by atoms with van der Waals surface area (Å²) in [5.74, 6) is 0.0947. The second kappa shape index (κ2) is 10.9. The van der Waals surface area contributed by atoms with Crippen LogP contribution in [-0.4, -0.2) is 39.6 Å². The largest absolute Gasteiger partial charge is 0.351 e. The van der Waals surface area contributed by atoms with Crippen molar-refractivity contribution in [2.24, 2.45) is 5.92 Å². The van der Waals surface area contributed by atoms with Crippen molar-refractivity contribution in [1.29, 1.82) is 0 Å². The molecule has 4 rings (SSSR count). The summed E-state index contributed by atoms with van der Waals surface area (Å²) in [6.45, 7) is 0.664. The number of nitrogens with zero attached hydrogens (tertiary/aromatic N) is 2. The number of aromatic amines is 1. The fourth-order valence-corrected chi connectivity index (χ4v) is 5.01. The summed E-state index contributed by atoms with van der Waals surface area (Å²) in [5, 5.41) is 0. The van der Waals surface area contributed by atoms with Gasteiger partial charge in [-0.15, -0.1) is 0 Å². The van der Waals surface area contributed by atoms with E-state index < -0.39 is 6.67 Å². The zero-order valence-electron chi connectivity index (χ0n) is 18.3. The molecular weight excluding hydrogens is 485 g/mol. The van der Waals surface area contributed by atoms with Crippen molar-refractivity contribution in [1.82, 2.24) is 14.9 Å². The normalized spacial score (nSPS) is 15.4. The van der Waals surface area contributed by atoms with Gasteiger partial charge in [0.1, 0.15) is 12.5 Å². The van der Waals surface area contributed by atoms with Crippen LogP contribution in [0, 0.1) is 5.92 Å². The van der Waals surface area contributed by atoms with Crippen molar-refractivity contribution >= 4 is 27.6 Å². The first kappa shape index (κ1) is 23.4. The number of ketones is 1. The number of piperidine rings is 1. The molecule has 2 heterocycles. The number of alkyl halides is 1. The molecule has 0 radical (unpaired) electrons. The van der Waals surface area contributed by atoms with Crippen LogP contribution in [0.2, 0.25) is 0 Å². The molecule has 1 N–H and O–H groups in total. The second-order valence-electron chi connectivity index (χ2n) is 8.52. The minimum atomic E-state index is -0.502. The van der Waals surface area contributed by atoms with E-state index in [9.17, 15) is 14.0 Å². The molecule has 2 aromatic carbocycles. The zero-order valence-corrected chi connectivity index (χ0v) is 19.9. The number of H-pyrrole nitrogens is 1. The number of benzene rings is 2. The summed E-state index contributed by atoms with van der Waals surface area (Å²) < 4.78 is 13.6. The number of rotatable bonds is 8. The van der Waals surface area contributed by atoms with Gasteiger partial charge in [-0.25, -0.2) is 9.37 Å². The van der Waals surface area contributed by atoms with Crippen LogP contribution < -0.4 is 0 Å². The Morgan fingerprint density at radius 2 is 1.79 bits per heavy atom. The van der Waals surface area contributed by atoms with Gasteiger partial charge in [-0.3, -0.25) is 9.59 Å². The maximum Gasteiger partial charge on any atom is 0.226 e. The molecule has 0 saturated carbocycles. The third-order valence-electron chi connectivity index (χ3n) is 6.40. The van der Waals surface area contributed by atoms with Crippen molar-refractivity contribution in [2.45, 2.75) is 38.3 Å². The summed E-state index contributed by atoms with van der Waals surface area (Å²) in [6, 6.07) is 15.0. The number of nitrogens with one attached hydrogen (secondary N) is 1. The SMILES string of the molecule is O=C(CC(c1c[nH]cn1)c1ccccc1Br)C1CCN(C(=O)Cc2ccc(CF)cc2)CC1. The van der Waals surface area contributed by atoms with Gasteiger partial charge in [0, 0.05) is 42.0 Å². The molecule has 172 valence electrons. The van der Waals surface area contributed by atoms with Gasteiger partial charge in [-0.1, -0.05) is 58.4 Å². The van der Waals surface area contributed by atoms with Gasteiger partial charge in [0.2, 0.25) is 5.91 Å². The summed E-state index contributed by atoms with van der Waals surface area (Å²) in [5.41, 5.74) is 3.39. The smallest absolute Gasteiger partial charge is 0.226 e. The topological polar surface area (TPSA) is 66.1 Å². The van der Waals surface area contributed by atoms with Crippen LogP contribution in [0.25, 0.3) is 0 Å². The molecule has 0 aliphatic carbocycles. The number of amides is 1. The molecular formula is C26H27BrFN3O2. The first-order valence-electron chi connectivity index (χ1n) is 11.2. The van der Waals surface area contributed by atoms with E-state index in [-0.39, 0.29) is 23.5 Å². The Bertz CT molecular complexity index is 1080. The van der Waals surface area contributed by atoms with Gasteiger partial charge in [0.15, 0.2) is 0 Å². The molecule has 1 aliphatic rings. The lowest BCUT2D eigenvalue weighted by atomic mass is 9.84. The van der Waals surface area contributed by atoms with Crippen LogP contribution in [0.15, 0.2) is 65.5 Å². The molecule has 3 aromatic rings. The van der Waals surface area contributed by atoms with E-state index in [2.05, 4.69) is 25.9 Å². The molecule has 1 amide bonds. The number of carbonyl (C=O) groups excluding carboxylic acids is 2. The zero-order chi connectivity index (χ0) is 23.2.